The standard InChI is InChI=1S/C14H11ClFNO2S/c15-13-4-2-11(19-13)14(18)17-10-5-6-20-12-3-1-8(16)7-9(10)12/h1-4,7,10H,5-6H2,(H,17,18). The predicted molar refractivity (Wildman–Crippen MR) is 75.7 cm³/mol. The van der Waals surface area contributed by atoms with E-state index in [1.807, 2.05) is 0 Å². The number of fused-ring (bicyclic) bond motifs is 1. The van der Waals surface area contributed by atoms with E-state index in [4.69, 9.17) is 16.0 Å². The van der Waals surface area contributed by atoms with Gasteiger partial charge in [-0.15, -0.1) is 11.8 Å². The van der Waals surface area contributed by atoms with Crippen molar-refractivity contribution in [3.8, 4) is 0 Å². The first-order valence-corrected chi connectivity index (χ1v) is 7.48. The molecule has 1 aromatic carbocycles. The van der Waals surface area contributed by atoms with Crippen LogP contribution in [-0.2, 0) is 0 Å². The molecule has 0 radical (unpaired) electrons. The van der Waals surface area contributed by atoms with Gasteiger partial charge in [-0.2, -0.15) is 0 Å². The molecule has 3 rings (SSSR count). The van der Waals surface area contributed by atoms with Crippen molar-refractivity contribution in [1.29, 1.82) is 0 Å². The first-order valence-electron chi connectivity index (χ1n) is 6.12. The third-order valence-corrected chi connectivity index (χ3v) is 4.44. The summed E-state index contributed by atoms with van der Waals surface area (Å²) in [5, 5.41) is 3.03. The van der Waals surface area contributed by atoms with Crippen molar-refractivity contribution in [3.05, 3.63) is 52.7 Å². The molecule has 3 nitrogen and oxygen atoms in total. The lowest BCUT2D eigenvalue weighted by atomic mass is 10.0. The molecule has 0 bridgehead atoms. The minimum absolute atomic E-state index is 0.158. The molecule has 1 aliphatic heterocycles. The minimum Gasteiger partial charge on any atom is -0.440 e. The van der Waals surface area contributed by atoms with E-state index in [0.29, 0.717) is 0 Å². The summed E-state index contributed by atoms with van der Waals surface area (Å²) in [7, 11) is 0. The number of nitrogens with one attached hydrogen (secondary N) is 1. The molecular weight excluding hydrogens is 301 g/mol. The lowest BCUT2D eigenvalue weighted by molar-refractivity contribution is 0.0907. The predicted octanol–water partition coefficient (Wildman–Crippen LogP) is 4.04. The summed E-state index contributed by atoms with van der Waals surface area (Å²) in [5.74, 6) is 0.393. The van der Waals surface area contributed by atoms with Crippen LogP contribution in [0.4, 0.5) is 4.39 Å². The number of carbonyl (C=O) groups is 1. The highest BCUT2D eigenvalue weighted by atomic mass is 35.5. The summed E-state index contributed by atoms with van der Waals surface area (Å²) < 4.78 is 18.4. The van der Waals surface area contributed by atoms with Gasteiger partial charge in [0.05, 0.1) is 6.04 Å². The van der Waals surface area contributed by atoms with Gasteiger partial charge in [0.2, 0.25) is 0 Å². The Labute approximate surface area is 124 Å². The maximum Gasteiger partial charge on any atom is 0.287 e. The zero-order chi connectivity index (χ0) is 14.1. The van der Waals surface area contributed by atoms with Crippen LogP contribution in [0, 0.1) is 5.82 Å². The number of rotatable bonds is 2. The normalized spacial score (nSPS) is 17.6. The minimum atomic E-state index is -0.344. The molecule has 6 heteroatoms. The van der Waals surface area contributed by atoms with Gasteiger partial charge in [0.15, 0.2) is 11.0 Å². The van der Waals surface area contributed by atoms with Crippen molar-refractivity contribution in [2.45, 2.75) is 17.4 Å². The van der Waals surface area contributed by atoms with Gasteiger partial charge in [-0.1, -0.05) is 0 Å². The number of thioether (sulfide) groups is 1. The third-order valence-electron chi connectivity index (χ3n) is 3.11. The SMILES string of the molecule is O=C(NC1CCSc2ccc(F)cc21)c1ccc(Cl)o1. The van der Waals surface area contributed by atoms with Crippen LogP contribution in [0.3, 0.4) is 0 Å². The molecule has 1 aliphatic rings. The topological polar surface area (TPSA) is 42.2 Å². The van der Waals surface area contributed by atoms with Gasteiger partial charge in [0, 0.05) is 10.6 Å². The number of amides is 1. The third kappa shape index (κ3) is 2.69. The maximum absolute atomic E-state index is 13.4. The first kappa shape index (κ1) is 13.5. The van der Waals surface area contributed by atoms with Crippen molar-refractivity contribution in [1.82, 2.24) is 5.32 Å². The van der Waals surface area contributed by atoms with Gasteiger partial charge in [0.25, 0.3) is 5.91 Å². The molecule has 0 spiro atoms. The molecule has 0 saturated heterocycles. The Bertz CT molecular complexity index is 658. The number of hydrogen-bond acceptors (Lipinski definition) is 3. The largest absolute Gasteiger partial charge is 0.440 e. The fraction of sp³-hybridized carbons (Fsp3) is 0.214. The lowest BCUT2D eigenvalue weighted by Gasteiger charge is -2.25. The number of benzene rings is 1. The highest BCUT2D eigenvalue weighted by molar-refractivity contribution is 7.99. The van der Waals surface area contributed by atoms with Crippen LogP contribution in [-0.4, -0.2) is 11.7 Å². The molecule has 0 aliphatic carbocycles. The second-order valence-corrected chi connectivity index (χ2v) is 5.96. The van der Waals surface area contributed by atoms with Gasteiger partial charge < -0.3 is 9.73 Å². The van der Waals surface area contributed by atoms with E-state index in [0.717, 1.165) is 22.6 Å². The van der Waals surface area contributed by atoms with Crippen LogP contribution in [0.5, 0.6) is 0 Å². The smallest absolute Gasteiger partial charge is 0.287 e. The van der Waals surface area contributed by atoms with Crippen molar-refractivity contribution < 1.29 is 13.6 Å². The molecule has 104 valence electrons. The Morgan fingerprint density at radius 3 is 3.00 bits per heavy atom. The maximum atomic E-state index is 13.4. The molecule has 1 atom stereocenters. The summed E-state index contributed by atoms with van der Waals surface area (Å²) in [5.41, 5.74) is 0.812. The van der Waals surface area contributed by atoms with E-state index < -0.39 is 0 Å². The van der Waals surface area contributed by atoms with Crippen molar-refractivity contribution in [2.75, 3.05) is 5.75 Å². The van der Waals surface area contributed by atoms with Gasteiger partial charge in [0.1, 0.15) is 5.82 Å². The van der Waals surface area contributed by atoms with E-state index >= 15 is 0 Å². The highest BCUT2D eigenvalue weighted by Crippen LogP contribution is 2.36. The van der Waals surface area contributed by atoms with E-state index in [9.17, 15) is 9.18 Å². The molecule has 1 amide bonds. The monoisotopic (exact) mass is 311 g/mol. The Balaban J connectivity index is 1.82. The van der Waals surface area contributed by atoms with Gasteiger partial charge in [-0.25, -0.2) is 4.39 Å². The lowest BCUT2D eigenvalue weighted by Crippen LogP contribution is -2.30. The van der Waals surface area contributed by atoms with Crippen LogP contribution in [0.25, 0.3) is 0 Å². The van der Waals surface area contributed by atoms with Crippen molar-refractivity contribution >= 4 is 29.3 Å². The molecule has 0 saturated carbocycles. The number of carbonyl (C=O) groups excluding carboxylic acids is 1. The Hall–Kier alpha value is -1.46. The Morgan fingerprint density at radius 1 is 1.40 bits per heavy atom. The number of halogens is 2. The molecule has 0 fully saturated rings. The van der Waals surface area contributed by atoms with Gasteiger partial charge in [-0.05, 0) is 53.9 Å². The summed E-state index contributed by atoms with van der Waals surface area (Å²) in [6.45, 7) is 0. The van der Waals surface area contributed by atoms with Gasteiger partial charge in [-0.3, -0.25) is 4.79 Å². The molecule has 20 heavy (non-hydrogen) atoms. The summed E-state index contributed by atoms with van der Waals surface area (Å²) in [6, 6.07) is 7.47. The van der Waals surface area contributed by atoms with Crippen LogP contribution in [0.2, 0.25) is 5.22 Å². The fourth-order valence-corrected chi connectivity index (χ4v) is 3.43. The zero-order valence-electron chi connectivity index (χ0n) is 10.4. The molecule has 2 heterocycles. The average molecular weight is 312 g/mol. The van der Waals surface area contributed by atoms with Crippen LogP contribution in [0.1, 0.15) is 28.6 Å². The van der Waals surface area contributed by atoms with Crippen LogP contribution in [0.15, 0.2) is 39.6 Å². The quantitative estimate of drug-likeness (QED) is 0.910. The zero-order valence-corrected chi connectivity index (χ0v) is 11.9. The molecular formula is C14H11ClFNO2S. The molecule has 2 aromatic rings. The molecule has 1 N–H and O–H groups in total. The molecule has 1 aromatic heterocycles. The summed E-state index contributed by atoms with van der Waals surface area (Å²) in [4.78, 5) is 13.1. The highest BCUT2D eigenvalue weighted by Gasteiger charge is 2.24. The Morgan fingerprint density at radius 2 is 2.25 bits per heavy atom. The number of furan rings is 1. The van der Waals surface area contributed by atoms with Gasteiger partial charge >= 0.3 is 0 Å². The second kappa shape index (κ2) is 5.50. The van der Waals surface area contributed by atoms with E-state index in [-0.39, 0.29) is 28.7 Å². The fourth-order valence-electron chi connectivity index (χ4n) is 2.18. The van der Waals surface area contributed by atoms with Crippen molar-refractivity contribution in [3.63, 3.8) is 0 Å². The summed E-state index contributed by atoms with van der Waals surface area (Å²) in [6.07, 6.45) is 0.751. The molecule has 1 unspecified atom stereocenters. The van der Waals surface area contributed by atoms with E-state index in [1.165, 1.54) is 24.3 Å². The van der Waals surface area contributed by atoms with Crippen LogP contribution < -0.4 is 5.32 Å². The van der Waals surface area contributed by atoms with Crippen LogP contribution >= 0.6 is 23.4 Å². The first-order chi connectivity index (χ1) is 9.63. The average Bonchev–Trinajstić information content (AvgIpc) is 2.86. The summed E-state index contributed by atoms with van der Waals surface area (Å²) >= 11 is 7.32. The van der Waals surface area contributed by atoms with Crippen molar-refractivity contribution in [2.24, 2.45) is 0 Å². The van der Waals surface area contributed by atoms with E-state index in [1.54, 1.807) is 17.8 Å². The Kier molecular flexibility index (Phi) is 3.72. The second-order valence-electron chi connectivity index (χ2n) is 4.45. The van der Waals surface area contributed by atoms with E-state index in [2.05, 4.69) is 5.32 Å². The number of hydrogen-bond donors (Lipinski definition) is 1.